The van der Waals surface area contributed by atoms with E-state index in [0.717, 1.165) is 24.3 Å². The lowest BCUT2D eigenvalue weighted by molar-refractivity contribution is -0.441. The summed E-state index contributed by atoms with van der Waals surface area (Å²) in [6, 6.07) is 5.27. The number of halogens is 8. The van der Waals surface area contributed by atoms with Crippen LogP contribution in [-0.2, 0) is 14.8 Å². The minimum Gasteiger partial charge on any atom is -0.593 e. The SMILES string of the molecule is O=S(=O)(/N=[N+](\[O-])c1ccccc1)C(F)(F)C(F)(F)OC(F)(F)C(F)F. The topological polar surface area (TPSA) is 81.8 Å². The molecule has 0 radical (unpaired) electrons. The first-order valence-corrected chi connectivity index (χ1v) is 7.19. The van der Waals surface area contributed by atoms with Gasteiger partial charge in [0, 0.05) is 12.1 Å². The molecular formula is C10H6F8N2O4S. The van der Waals surface area contributed by atoms with Crippen LogP contribution in [0.1, 0.15) is 0 Å². The molecule has 0 aliphatic carbocycles. The summed E-state index contributed by atoms with van der Waals surface area (Å²) in [7, 11) is -6.81. The molecule has 142 valence electrons. The smallest absolute Gasteiger partial charge is 0.461 e. The third kappa shape index (κ3) is 4.33. The molecule has 0 heterocycles. The summed E-state index contributed by atoms with van der Waals surface area (Å²) < 4.78 is 127. The Morgan fingerprint density at radius 2 is 1.52 bits per heavy atom. The van der Waals surface area contributed by atoms with Crippen LogP contribution in [0.15, 0.2) is 34.9 Å². The molecule has 0 amide bonds. The van der Waals surface area contributed by atoms with Gasteiger partial charge in [-0.25, -0.2) is 13.5 Å². The summed E-state index contributed by atoms with van der Waals surface area (Å²) in [5.41, 5.74) is -0.691. The summed E-state index contributed by atoms with van der Waals surface area (Å²) >= 11 is 0. The Labute approximate surface area is 133 Å². The summed E-state index contributed by atoms with van der Waals surface area (Å²) in [5, 5.41) is 4.75. The average molecular weight is 402 g/mol. The molecule has 15 heteroatoms. The molecule has 1 aromatic carbocycles. The number of ether oxygens (including phenoxy) is 1. The minimum atomic E-state index is -6.81. The van der Waals surface area contributed by atoms with Gasteiger partial charge >= 0.3 is 33.9 Å². The van der Waals surface area contributed by atoms with Gasteiger partial charge in [0.25, 0.3) is 0 Å². The van der Waals surface area contributed by atoms with Crippen molar-refractivity contribution >= 4 is 15.7 Å². The maximum absolute atomic E-state index is 13.3. The van der Waals surface area contributed by atoms with E-state index in [1.807, 2.05) is 4.74 Å². The fourth-order valence-electron chi connectivity index (χ4n) is 1.18. The van der Waals surface area contributed by atoms with Crippen LogP contribution in [0.3, 0.4) is 0 Å². The molecule has 0 N–H and O–H groups in total. The highest BCUT2D eigenvalue weighted by Gasteiger charge is 2.73. The largest absolute Gasteiger partial charge is 0.593 e. The van der Waals surface area contributed by atoms with Gasteiger partial charge in [-0.05, 0) is 4.86 Å². The predicted molar refractivity (Wildman–Crippen MR) is 63.0 cm³/mol. The number of hydrogen-bond acceptors (Lipinski definition) is 4. The van der Waals surface area contributed by atoms with Crippen LogP contribution in [0.5, 0.6) is 0 Å². The number of benzene rings is 1. The second-order valence-electron chi connectivity index (χ2n) is 4.16. The quantitative estimate of drug-likeness (QED) is 0.302. The van der Waals surface area contributed by atoms with Crippen molar-refractivity contribution in [2.75, 3.05) is 0 Å². The Morgan fingerprint density at radius 1 is 1.04 bits per heavy atom. The molecule has 0 fully saturated rings. The maximum Gasteiger partial charge on any atom is 0.461 e. The van der Waals surface area contributed by atoms with Crippen LogP contribution in [0.4, 0.5) is 40.8 Å². The lowest BCUT2D eigenvalue weighted by Gasteiger charge is -2.26. The Balaban J connectivity index is 3.26. The van der Waals surface area contributed by atoms with Crippen LogP contribution in [-0.4, -0.2) is 37.2 Å². The Morgan fingerprint density at radius 3 is 1.96 bits per heavy atom. The average Bonchev–Trinajstić information content (AvgIpc) is 2.46. The van der Waals surface area contributed by atoms with Gasteiger partial charge in [-0.1, -0.05) is 18.2 Å². The maximum atomic E-state index is 13.3. The summed E-state index contributed by atoms with van der Waals surface area (Å²) in [4.78, 5) is -1.01. The van der Waals surface area contributed by atoms with E-state index in [4.69, 9.17) is 0 Å². The van der Waals surface area contributed by atoms with E-state index in [0.29, 0.717) is 0 Å². The Kier molecular flexibility index (Phi) is 5.63. The monoisotopic (exact) mass is 402 g/mol. The molecular weight excluding hydrogens is 396 g/mol. The zero-order valence-corrected chi connectivity index (χ0v) is 12.2. The number of alkyl halides is 8. The van der Waals surface area contributed by atoms with Gasteiger partial charge in [-0.15, -0.1) is 0 Å². The second-order valence-corrected chi connectivity index (χ2v) is 5.79. The molecule has 25 heavy (non-hydrogen) atoms. The van der Waals surface area contributed by atoms with Crippen molar-refractivity contribution < 1.29 is 53.1 Å². The second kappa shape index (κ2) is 6.70. The van der Waals surface area contributed by atoms with E-state index in [-0.39, 0.29) is 0 Å². The van der Waals surface area contributed by atoms with Crippen LogP contribution in [0, 0.1) is 5.21 Å². The van der Waals surface area contributed by atoms with E-state index < -0.39 is 44.5 Å². The lowest BCUT2D eigenvalue weighted by atomic mass is 10.3. The molecule has 1 aromatic rings. The predicted octanol–water partition coefficient (Wildman–Crippen LogP) is 3.67. The van der Waals surface area contributed by atoms with Crippen molar-refractivity contribution in [2.45, 2.75) is 23.9 Å². The lowest BCUT2D eigenvalue weighted by Crippen LogP contribution is -2.52. The number of rotatable bonds is 7. The number of para-hydroxylation sites is 1. The molecule has 0 bridgehead atoms. The standard InChI is InChI=1S/C10H6F8N2O4S/c11-7(12)8(13,14)24-9(15,16)10(17,18)25(22,23)19-20(21)6-4-2-1-3-5-6/h1-5,7H/b20-19-. The first-order chi connectivity index (χ1) is 11.1. The van der Waals surface area contributed by atoms with Crippen LogP contribution >= 0.6 is 0 Å². The fourth-order valence-corrected chi connectivity index (χ4v) is 1.91. The van der Waals surface area contributed by atoms with Gasteiger partial charge in [-0.2, -0.15) is 34.8 Å². The van der Waals surface area contributed by atoms with Gasteiger partial charge in [0.1, 0.15) is 4.52 Å². The van der Waals surface area contributed by atoms with E-state index in [2.05, 4.69) is 0 Å². The Bertz CT molecular complexity index is 739. The molecule has 0 aliphatic rings. The van der Waals surface area contributed by atoms with Gasteiger partial charge in [-0.3, -0.25) is 0 Å². The van der Waals surface area contributed by atoms with Gasteiger partial charge in [0.15, 0.2) is 0 Å². The number of hydrogen-bond donors (Lipinski definition) is 0. The van der Waals surface area contributed by atoms with Crippen molar-refractivity contribution in [3.05, 3.63) is 35.5 Å². The molecule has 0 unspecified atom stereocenters. The molecule has 0 atom stereocenters. The van der Waals surface area contributed by atoms with Crippen molar-refractivity contribution in [3.63, 3.8) is 0 Å². The highest BCUT2D eigenvalue weighted by Crippen LogP contribution is 2.45. The molecule has 0 spiro atoms. The highest BCUT2D eigenvalue weighted by atomic mass is 32.2. The molecule has 1 rings (SSSR count). The third-order valence-electron chi connectivity index (χ3n) is 2.34. The Hall–Kier alpha value is -2.03. The number of sulfonamides is 1. The van der Waals surface area contributed by atoms with Gasteiger partial charge in [0.05, 0.1) is 0 Å². The molecule has 6 nitrogen and oxygen atoms in total. The molecule has 0 aromatic heterocycles. The highest BCUT2D eigenvalue weighted by molar-refractivity contribution is 7.91. The summed E-state index contributed by atoms with van der Waals surface area (Å²) in [6.45, 7) is 0. The minimum absolute atomic E-state index is 0.691. The molecule has 0 aliphatic heterocycles. The van der Waals surface area contributed by atoms with Gasteiger partial charge in [0.2, 0.25) is 5.69 Å². The third-order valence-corrected chi connectivity index (χ3v) is 3.59. The first kappa shape index (κ1) is 21.0. The number of nitrogens with zero attached hydrogens (tertiary/aromatic N) is 2. The van der Waals surface area contributed by atoms with Crippen LogP contribution in [0.25, 0.3) is 0 Å². The van der Waals surface area contributed by atoms with E-state index in [9.17, 15) is 48.7 Å². The summed E-state index contributed by atoms with van der Waals surface area (Å²) in [6.07, 6.45) is -17.7. The van der Waals surface area contributed by atoms with Crippen LogP contribution in [0.2, 0.25) is 0 Å². The first-order valence-electron chi connectivity index (χ1n) is 5.75. The zero-order chi connectivity index (χ0) is 19.7. The van der Waals surface area contributed by atoms with Crippen molar-refractivity contribution in [1.29, 1.82) is 0 Å². The zero-order valence-electron chi connectivity index (χ0n) is 11.4. The fraction of sp³-hybridized carbons (Fsp3) is 0.400. The van der Waals surface area contributed by atoms with Crippen LogP contribution < -0.4 is 0 Å². The van der Waals surface area contributed by atoms with Crippen molar-refractivity contribution in [1.82, 2.24) is 0 Å². The van der Waals surface area contributed by atoms with E-state index in [1.54, 1.807) is 4.52 Å². The molecule has 0 saturated heterocycles. The molecule has 0 saturated carbocycles. The van der Waals surface area contributed by atoms with E-state index in [1.165, 1.54) is 6.07 Å². The van der Waals surface area contributed by atoms with Gasteiger partial charge < -0.3 is 5.21 Å². The van der Waals surface area contributed by atoms with Crippen molar-refractivity contribution in [2.24, 2.45) is 4.52 Å². The normalized spacial score (nSPS) is 14.8. The summed E-state index contributed by atoms with van der Waals surface area (Å²) in [5.74, 6) is 0. The van der Waals surface area contributed by atoms with Crippen molar-refractivity contribution in [3.8, 4) is 0 Å². The van der Waals surface area contributed by atoms with E-state index >= 15 is 0 Å².